The largest absolute Gasteiger partial charge is 0.373 e. The Morgan fingerprint density at radius 3 is 2.67 bits per heavy atom. The van der Waals surface area contributed by atoms with Crippen LogP contribution in [0, 0.1) is 5.92 Å². The average molecular weight is 470 g/mol. The molecular weight excluding hydrogens is 438 g/mol. The minimum atomic E-state index is 0.0494. The van der Waals surface area contributed by atoms with E-state index < -0.39 is 0 Å². The highest BCUT2D eigenvalue weighted by Gasteiger charge is 2.36. The van der Waals surface area contributed by atoms with Crippen molar-refractivity contribution in [3.63, 3.8) is 0 Å². The van der Waals surface area contributed by atoms with E-state index >= 15 is 0 Å². The molecule has 160 valence electrons. The number of benzene rings is 2. The van der Waals surface area contributed by atoms with Gasteiger partial charge in [0, 0.05) is 22.0 Å². The van der Waals surface area contributed by atoms with Crippen LogP contribution in [0.4, 0.5) is 11.4 Å². The van der Waals surface area contributed by atoms with Crippen molar-refractivity contribution in [2.45, 2.75) is 44.1 Å². The molecule has 3 aliphatic rings. The fraction of sp³-hybridized carbons (Fsp3) is 0.520. The zero-order valence-corrected chi connectivity index (χ0v) is 19.4. The Morgan fingerprint density at radius 1 is 1.17 bits per heavy atom. The van der Waals surface area contributed by atoms with Gasteiger partial charge in [-0.05, 0) is 69.3 Å². The molecule has 5 rings (SSSR count). The van der Waals surface area contributed by atoms with Gasteiger partial charge in [0.05, 0.1) is 30.8 Å². The molecule has 0 amide bonds. The van der Waals surface area contributed by atoms with E-state index in [0.29, 0.717) is 0 Å². The zero-order valence-electron chi connectivity index (χ0n) is 17.8. The highest BCUT2D eigenvalue weighted by molar-refractivity contribution is 9.10. The van der Waals surface area contributed by atoms with E-state index in [1.807, 2.05) is 0 Å². The molecule has 1 aliphatic carbocycles. The molecule has 0 spiro atoms. The van der Waals surface area contributed by atoms with Crippen LogP contribution in [0.25, 0.3) is 0 Å². The van der Waals surface area contributed by atoms with Crippen molar-refractivity contribution in [1.82, 2.24) is 5.32 Å². The number of hydrogen-bond donors (Lipinski definition) is 2. The third-order valence-corrected chi connectivity index (χ3v) is 7.51. The first-order chi connectivity index (χ1) is 14.6. The summed E-state index contributed by atoms with van der Waals surface area (Å²) in [7, 11) is 0. The van der Waals surface area contributed by atoms with E-state index in [0.717, 1.165) is 56.1 Å². The van der Waals surface area contributed by atoms with Gasteiger partial charge in [-0.25, -0.2) is 0 Å². The second kappa shape index (κ2) is 8.52. The summed E-state index contributed by atoms with van der Waals surface area (Å²) in [6, 6.07) is 15.4. The summed E-state index contributed by atoms with van der Waals surface area (Å²) in [4.78, 5) is 2.52. The number of nitrogens with one attached hydrogen (secondary N) is 2. The number of rotatable bonds is 7. The molecule has 2 aromatic rings. The van der Waals surface area contributed by atoms with Crippen molar-refractivity contribution in [2.24, 2.45) is 5.92 Å². The maximum atomic E-state index is 6.67. The highest BCUT2D eigenvalue weighted by atomic mass is 79.9. The Hall–Kier alpha value is -1.56. The summed E-state index contributed by atoms with van der Waals surface area (Å²) < 4.78 is 7.79. The second-order valence-corrected chi connectivity index (χ2v) is 10.2. The number of fused-ring (bicyclic) bond motifs is 1. The molecule has 2 aliphatic heterocycles. The molecule has 30 heavy (non-hydrogen) atoms. The van der Waals surface area contributed by atoms with Crippen LogP contribution in [0.2, 0.25) is 0 Å². The number of ether oxygens (including phenoxy) is 1. The molecule has 1 saturated heterocycles. The molecule has 2 aromatic carbocycles. The van der Waals surface area contributed by atoms with Crippen LogP contribution in [-0.2, 0) is 10.2 Å². The maximum Gasteiger partial charge on any atom is 0.0877 e. The van der Waals surface area contributed by atoms with Crippen LogP contribution in [-0.4, -0.2) is 32.9 Å². The number of hydrogen-bond acceptors (Lipinski definition) is 4. The minimum Gasteiger partial charge on any atom is -0.373 e. The fourth-order valence-corrected chi connectivity index (χ4v) is 5.51. The number of piperidine rings is 1. The lowest BCUT2D eigenvalue weighted by molar-refractivity contribution is 0.0169. The average Bonchev–Trinajstić information content (AvgIpc) is 3.51. The van der Waals surface area contributed by atoms with Gasteiger partial charge in [0.25, 0.3) is 0 Å². The SMILES string of the molecule is C[C@H](OCC1(c2ccccc2)CCNCC1)c1cc(Br)cc2c1N(CC1CC1)CN2. The zero-order chi connectivity index (χ0) is 20.6. The quantitative estimate of drug-likeness (QED) is 0.565. The third-order valence-electron chi connectivity index (χ3n) is 7.05. The van der Waals surface area contributed by atoms with Gasteiger partial charge >= 0.3 is 0 Å². The van der Waals surface area contributed by atoms with E-state index in [9.17, 15) is 0 Å². The van der Waals surface area contributed by atoms with Crippen molar-refractivity contribution in [3.8, 4) is 0 Å². The minimum absolute atomic E-state index is 0.0494. The molecule has 2 heterocycles. The summed E-state index contributed by atoms with van der Waals surface area (Å²) in [6.07, 6.45) is 5.04. The summed E-state index contributed by atoms with van der Waals surface area (Å²) in [5, 5.41) is 7.11. The Kier molecular flexibility index (Phi) is 5.78. The van der Waals surface area contributed by atoms with Gasteiger partial charge in [-0.2, -0.15) is 0 Å². The van der Waals surface area contributed by atoms with Gasteiger partial charge in [0.1, 0.15) is 0 Å². The first-order valence-electron chi connectivity index (χ1n) is 11.3. The van der Waals surface area contributed by atoms with Crippen LogP contribution < -0.4 is 15.5 Å². The lowest BCUT2D eigenvalue weighted by Crippen LogP contribution is -2.43. The summed E-state index contributed by atoms with van der Waals surface area (Å²) >= 11 is 3.72. The predicted molar refractivity (Wildman–Crippen MR) is 127 cm³/mol. The molecule has 1 atom stereocenters. The second-order valence-electron chi connectivity index (χ2n) is 9.24. The standard InChI is InChI=1S/C25H32BrN3O/c1-18(30-16-25(9-11-27-12-10-25)20-5-3-2-4-6-20)22-13-21(26)14-23-24(22)29(17-28-23)15-19-7-8-19/h2-6,13-14,18-19,27-28H,7-12,15-17H2,1H3/t18-/m0/s1. The van der Waals surface area contributed by atoms with Gasteiger partial charge in [0.15, 0.2) is 0 Å². The van der Waals surface area contributed by atoms with E-state index in [1.54, 1.807) is 0 Å². The first-order valence-corrected chi connectivity index (χ1v) is 12.1. The van der Waals surface area contributed by atoms with Crippen LogP contribution >= 0.6 is 15.9 Å². The normalized spacial score (nSPS) is 21.2. The van der Waals surface area contributed by atoms with E-state index in [4.69, 9.17) is 4.74 Å². The Morgan fingerprint density at radius 2 is 1.93 bits per heavy atom. The van der Waals surface area contributed by atoms with Gasteiger partial charge < -0.3 is 20.3 Å². The van der Waals surface area contributed by atoms with Crippen molar-refractivity contribution >= 4 is 27.3 Å². The molecule has 0 unspecified atom stereocenters. The number of anilines is 2. The molecule has 1 saturated carbocycles. The summed E-state index contributed by atoms with van der Waals surface area (Å²) in [5.74, 6) is 0.863. The lowest BCUT2D eigenvalue weighted by Gasteiger charge is -2.39. The van der Waals surface area contributed by atoms with Gasteiger partial charge in [-0.3, -0.25) is 0 Å². The van der Waals surface area contributed by atoms with E-state index in [1.165, 1.54) is 35.3 Å². The molecule has 4 nitrogen and oxygen atoms in total. The Balaban J connectivity index is 1.38. The summed E-state index contributed by atoms with van der Waals surface area (Å²) in [6.45, 7) is 7.14. The Bertz CT molecular complexity index is 877. The van der Waals surface area contributed by atoms with E-state index in [-0.39, 0.29) is 11.5 Å². The van der Waals surface area contributed by atoms with Gasteiger partial charge in [0.2, 0.25) is 0 Å². The van der Waals surface area contributed by atoms with Crippen molar-refractivity contribution in [2.75, 3.05) is 43.1 Å². The van der Waals surface area contributed by atoms with Crippen LogP contribution in [0.1, 0.15) is 49.8 Å². The van der Waals surface area contributed by atoms with Gasteiger partial charge in [-0.15, -0.1) is 0 Å². The molecule has 2 N–H and O–H groups in total. The highest BCUT2D eigenvalue weighted by Crippen LogP contribution is 2.44. The fourth-order valence-electron chi connectivity index (χ4n) is 5.03. The monoisotopic (exact) mass is 469 g/mol. The van der Waals surface area contributed by atoms with Crippen molar-refractivity contribution < 1.29 is 4.74 Å². The molecular formula is C25H32BrN3O. The molecule has 5 heteroatoms. The third kappa shape index (κ3) is 4.12. The van der Waals surface area contributed by atoms with Crippen molar-refractivity contribution in [1.29, 1.82) is 0 Å². The molecule has 0 aromatic heterocycles. The maximum absolute atomic E-state index is 6.67. The predicted octanol–water partition coefficient (Wildman–Crippen LogP) is 5.45. The van der Waals surface area contributed by atoms with Crippen molar-refractivity contribution in [3.05, 3.63) is 58.1 Å². The molecule has 0 bridgehead atoms. The number of nitrogens with zero attached hydrogens (tertiary/aromatic N) is 1. The molecule has 0 radical (unpaired) electrons. The van der Waals surface area contributed by atoms with E-state index in [2.05, 4.69) is 80.9 Å². The van der Waals surface area contributed by atoms with Gasteiger partial charge in [-0.1, -0.05) is 46.3 Å². The van der Waals surface area contributed by atoms with Crippen LogP contribution in [0.15, 0.2) is 46.9 Å². The molecule has 2 fully saturated rings. The van der Waals surface area contributed by atoms with Crippen LogP contribution in [0.5, 0.6) is 0 Å². The number of halogens is 1. The Labute approximate surface area is 188 Å². The lowest BCUT2D eigenvalue weighted by atomic mass is 9.74. The smallest absolute Gasteiger partial charge is 0.0877 e. The topological polar surface area (TPSA) is 36.5 Å². The first kappa shape index (κ1) is 20.3. The summed E-state index contributed by atoms with van der Waals surface area (Å²) in [5.41, 5.74) is 5.38. The van der Waals surface area contributed by atoms with Crippen LogP contribution in [0.3, 0.4) is 0 Å².